The van der Waals surface area contributed by atoms with Gasteiger partial charge in [0.15, 0.2) is 0 Å². The minimum atomic E-state index is -0.858. The highest BCUT2D eigenvalue weighted by Crippen LogP contribution is 2.44. The van der Waals surface area contributed by atoms with Crippen molar-refractivity contribution in [3.63, 3.8) is 0 Å². The zero-order valence-electron chi connectivity index (χ0n) is 12.9. The largest absolute Gasteiger partial charge is 0.478 e. The molecule has 0 unspecified atom stereocenters. The molecule has 5 nitrogen and oxygen atoms in total. The van der Waals surface area contributed by atoms with Crippen molar-refractivity contribution >= 4 is 23.3 Å². The van der Waals surface area contributed by atoms with E-state index in [-0.39, 0.29) is 5.41 Å². The van der Waals surface area contributed by atoms with E-state index in [1.165, 1.54) is 4.88 Å². The number of hydrogen-bond acceptors (Lipinski definition) is 5. The van der Waals surface area contributed by atoms with Crippen LogP contribution in [0.2, 0.25) is 0 Å². The number of aryl methyl sites for hydroxylation is 1. The zero-order valence-corrected chi connectivity index (χ0v) is 13.8. The highest BCUT2D eigenvalue weighted by atomic mass is 32.1. The smallest absolute Gasteiger partial charge is 0.337 e. The van der Waals surface area contributed by atoms with E-state index in [0.29, 0.717) is 11.5 Å². The normalized spacial score (nSPS) is 16.1. The highest BCUT2D eigenvalue weighted by Gasteiger charge is 2.33. The van der Waals surface area contributed by atoms with Crippen LogP contribution in [0.1, 0.15) is 41.1 Å². The predicted octanol–water partition coefficient (Wildman–Crippen LogP) is 3.46. The summed E-state index contributed by atoms with van der Waals surface area (Å²) in [4.78, 5) is 22.2. The van der Waals surface area contributed by atoms with Gasteiger partial charge in [0.25, 0.3) is 0 Å². The molecule has 6 heteroatoms. The lowest BCUT2D eigenvalue weighted by atomic mass is 9.76. The first-order chi connectivity index (χ1) is 10.4. The fourth-order valence-corrected chi connectivity index (χ4v) is 4.21. The molecule has 0 bridgehead atoms. The van der Waals surface area contributed by atoms with Gasteiger partial charge < -0.3 is 10.4 Å². The fraction of sp³-hybridized carbons (Fsp3) is 0.438. The molecule has 0 aliphatic heterocycles. The van der Waals surface area contributed by atoms with E-state index < -0.39 is 5.97 Å². The standard InChI is InChI=1S/C16H19N3O2S/c1-16(2)5-4-11-10(6-16)12(14(20)21)13(22-11)9-7-18-15(17-3)19-8-9/h7-8H,4-6H2,1-3H3,(H,20,21)(H,17,18,19). The third-order valence-corrected chi connectivity index (χ3v) is 5.47. The number of rotatable bonds is 3. The van der Waals surface area contributed by atoms with Crippen LogP contribution in [0.3, 0.4) is 0 Å². The Morgan fingerprint density at radius 3 is 2.64 bits per heavy atom. The third-order valence-electron chi connectivity index (χ3n) is 4.13. The van der Waals surface area contributed by atoms with Crippen LogP contribution in [-0.2, 0) is 12.8 Å². The fourth-order valence-electron chi connectivity index (χ4n) is 2.92. The monoisotopic (exact) mass is 317 g/mol. The molecule has 1 aliphatic rings. The van der Waals surface area contributed by atoms with E-state index >= 15 is 0 Å². The molecule has 0 saturated heterocycles. The average molecular weight is 317 g/mol. The summed E-state index contributed by atoms with van der Waals surface area (Å²) in [5.41, 5.74) is 2.37. The summed E-state index contributed by atoms with van der Waals surface area (Å²) < 4.78 is 0. The molecule has 0 aromatic carbocycles. The first-order valence-corrected chi connectivity index (χ1v) is 8.11. The topological polar surface area (TPSA) is 75.1 Å². The van der Waals surface area contributed by atoms with Crippen molar-refractivity contribution < 1.29 is 9.90 Å². The number of anilines is 1. The molecule has 2 N–H and O–H groups in total. The highest BCUT2D eigenvalue weighted by molar-refractivity contribution is 7.16. The van der Waals surface area contributed by atoms with Gasteiger partial charge in [0, 0.05) is 29.9 Å². The summed E-state index contributed by atoms with van der Waals surface area (Å²) in [7, 11) is 1.75. The minimum Gasteiger partial charge on any atom is -0.478 e. The number of nitrogens with one attached hydrogen (secondary N) is 1. The number of nitrogens with zero attached hydrogens (tertiary/aromatic N) is 2. The Kier molecular flexibility index (Phi) is 3.64. The molecule has 0 fully saturated rings. The van der Waals surface area contributed by atoms with Gasteiger partial charge >= 0.3 is 5.97 Å². The lowest BCUT2D eigenvalue weighted by molar-refractivity contribution is 0.0696. The van der Waals surface area contributed by atoms with Crippen molar-refractivity contribution in [1.29, 1.82) is 0 Å². The summed E-state index contributed by atoms with van der Waals surface area (Å²) in [6, 6.07) is 0. The van der Waals surface area contributed by atoms with E-state index in [2.05, 4.69) is 29.1 Å². The second-order valence-corrected chi connectivity index (χ2v) is 7.50. The van der Waals surface area contributed by atoms with Gasteiger partial charge in [-0.2, -0.15) is 0 Å². The Hall–Kier alpha value is -1.95. The summed E-state index contributed by atoms with van der Waals surface area (Å²) >= 11 is 1.58. The number of carbonyl (C=O) groups is 1. The summed E-state index contributed by atoms with van der Waals surface area (Å²) in [5, 5.41) is 12.6. The molecule has 0 radical (unpaired) electrons. The number of aromatic nitrogens is 2. The molecular weight excluding hydrogens is 298 g/mol. The van der Waals surface area contributed by atoms with Crippen LogP contribution in [0.4, 0.5) is 5.95 Å². The molecule has 1 aliphatic carbocycles. The van der Waals surface area contributed by atoms with Gasteiger partial charge in [-0.1, -0.05) is 13.8 Å². The van der Waals surface area contributed by atoms with Gasteiger partial charge in [0.1, 0.15) is 0 Å². The van der Waals surface area contributed by atoms with Gasteiger partial charge in [-0.05, 0) is 30.2 Å². The Morgan fingerprint density at radius 2 is 2.05 bits per heavy atom. The molecule has 2 aromatic rings. The van der Waals surface area contributed by atoms with Gasteiger partial charge in [0.05, 0.1) is 10.4 Å². The van der Waals surface area contributed by atoms with Gasteiger partial charge in [-0.25, -0.2) is 14.8 Å². The van der Waals surface area contributed by atoms with Crippen molar-refractivity contribution in [3.05, 3.63) is 28.4 Å². The minimum absolute atomic E-state index is 0.155. The molecule has 2 heterocycles. The first-order valence-electron chi connectivity index (χ1n) is 7.29. The Bertz CT molecular complexity index is 720. The Morgan fingerprint density at radius 1 is 1.36 bits per heavy atom. The van der Waals surface area contributed by atoms with Crippen molar-refractivity contribution in [2.75, 3.05) is 12.4 Å². The predicted molar refractivity (Wildman–Crippen MR) is 87.7 cm³/mol. The van der Waals surface area contributed by atoms with Gasteiger partial charge in [-0.3, -0.25) is 0 Å². The second kappa shape index (κ2) is 5.35. The number of fused-ring (bicyclic) bond motifs is 1. The van der Waals surface area contributed by atoms with E-state index in [0.717, 1.165) is 35.3 Å². The maximum absolute atomic E-state index is 11.8. The van der Waals surface area contributed by atoms with Crippen LogP contribution < -0.4 is 5.32 Å². The zero-order chi connectivity index (χ0) is 15.9. The van der Waals surface area contributed by atoms with Crippen LogP contribution in [0.15, 0.2) is 12.4 Å². The molecule has 0 atom stereocenters. The Labute approximate surface area is 133 Å². The Balaban J connectivity index is 2.12. The molecular formula is C16H19N3O2S. The van der Waals surface area contributed by atoms with Crippen LogP contribution in [0.25, 0.3) is 10.4 Å². The van der Waals surface area contributed by atoms with E-state index in [4.69, 9.17) is 0 Å². The van der Waals surface area contributed by atoms with E-state index in [1.54, 1.807) is 30.8 Å². The van der Waals surface area contributed by atoms with Crippen molar-refractivity contribution in [2.45, 2.75) is 33.1 Å². The lowest BCUT2D eigenvalue weighted by Crippen LogP contribution is -2.22. The summed E-state index contributed by atoms with van der Waals surface area (Å²) in [5.74, 6) is -0.328. The van der Waals surface area contributed by atoms with Gasteiger partial charge in [-0.15, -0.1) is 11.3 Å². The van der Waals surface area contributed by atoms with E-state index in [9.17, 15) is 9.90 Å². The first kappa shape index (κ1) is 15.0. The number of aromatic carboxylic acids is 1. The van der Waals surface area contributed by atoms with Crippen LogP contribution >= 0.6 is 11.3 Å². The molecule has 2 aromatic heterocycles. The van der Waals surface area contributed by atoms with Crippen molar-refractivity contribution in [2.24, 2.45) is 5.41 Å². The molecule has 116 valence electrons. The van der Waals surface area contributed by atoms with Crippen LogP contribution in [0.5, 0.6) is 0 Å². The SMILES string of the molecule is CNc1ncc(-c2sc3c(c2C(=O)O)CC(C)(C)CC3)cn1. The number of carboxylic acids is 1. The summed E-state index contributed by atoms with van der Waals surface area (Å²) in [6.07, 6.45) is 6.23. The maximum Gasteiger partial charge on any atom is 0.337 e. The van der Waals surface area contributed by atoms with Crippen LogP contribution in [0, 0.1) is 5.41 Å². The quantitative estimate of drug-likeness (QED) is 0.906. The summed E-state index contributed by atoms with van der Waals surface area (Å²) in [6.45, 7) is 4.40. The number of thiophene rings is 1. The van der Waals surface area contributed by atoms with Gasteiger partial charge in [0.2, 0.25) is 5.95 Å². The van der Waals surface area contributed by atoms with Crippen molar-refractivity contribution in [3.8, 4) is 10.4 Å². The molecule has 22 heavy (non-hydrogen) atoms. The third kappa shape index (κ3) is 2.59. The molecule has 0 saturated carbocycles. The van der Waals surface area contributed by atoms with Crippen molar-refractivity contribution in [1.82, 2.24) is 9.97 Å². The van der Waals surface area contributed by atoms with E-state index in [1.807, 2.05) is 0 Å². The molecule has 0 amide bonds. The average Bonchev–Trinajstić information content (AvgIpc) is 2.84. The lowest BCUT2D eigenvalue weighted by Gasteiger charge is -2.29. The number of carboxylic acid groups (broad SMARTS) is 1. The molecule has 0 spiro atoms. The molecule has 3 rings (SSSR count). The number of hydrogen-bond donors (Lipinski definition) is 2. The van der Waals surface area contributed by atoms with Crippen LogP contribution in [-0.4, -0.2) is 28.1 Å². The second-order valence-electron chi connectivity index (χ2n) is 6.40. The maximum atomic E-state index is 11.8.